The molecule has 0 spiro atoms. The summed E-state index contributed by atoms with van der Waals surface area (Å²) in [5, 5.41) is 10.3. The van der Waals surface area contributed by atoms with Crippen LogP contribution in [0.15, 0.2) is 12.1 Å². The fraction of sp³-hybridized carbons (Fsp3) is 0.600. The van der Waals surface area contributed by atoms with Crippen LogP contribution in [0, 0.1) is 12.8 Å². The average Bonchev–Trinajstić information content (AvgIpc) is 2.43. The highest BCUT2D eigenvalue weighted by Crippen LogP contribution is 2.37. The van der Waals surface area contributed by atoms with Crippen molar-refractivity contribution in [2.24, 2.45) is 11.7 Å². The van der Waals surface area contributed by atoms with Gasteiger partial charge in [-0.2, -0.15) is 0 Å². The van der Waals surface area contributed by atoms with Gasteiger partial charge in [0, 0.05) is 0 Å². The summed E-state index contributed by atoms with van der Waals surface area (Å²) in [4.78, 5) is 0. The highest BCUT2D eigenvalue weighted by atomic mass is 16.5. The Morgan fingerprint density at radius 2 is 1.68 bits per heavy atom. The SMILES string of the molecule is CCC(C)[C@H](O)[C@H](N)c1c(OC)cc(C)cc1OC. The van der Waals surface area contributed by atoms with Crippen molar-refractivity contribution >= 4 is 0 Å². The Balaban J connectivity index is 3.23. The molecule has 0 fully saturated rings. The molecule has 0 saturated heterocycles. The first kappa shape index (κ1) is 15.8. The number of aliphatic hydroxyl groups excluding tert-OH is 1. The number of hydrogen-bond donors (Lipinski definition) is 2. The van der Waals surface area contributed by atoms with Gasteiger partial charge in [0.05, 0.1) is 31.9 Å². The molecule has 0 aliphatic heterocycles. The van der Waals surface area contributed by atoms with Gasteiger partial charge in [-0.15, -0.1) is 0 Å². The van der Waals surface area contributed by atoms with Crippen molar-refractivity contribution in [2.75, 3.05) is 14.2 Å². The van der Waals surface area contributed by atoms with Gasteiger partial charge in [-0.1, -0.05) is 20.3 Å². The lowest BCUT2D eigenvalue weighted by atomic mass is 9.90. The minimum Gasteiger partial charge on any atom is -0.496 e. The molecule has 0 bridgehead atoms. The van der Waals surface area contributed by atoms with Gasteiger partial charge in [-0.05, 0) is 30.5 Å². The third kappa shape index (κ3) is 3.39. The highest BCUT2D eigenvalue weighted by molar-refractivity contribution is 5.50. The summed E-state index contributed by atoms with van der Waals surface area (Å²) in [6.07, 6.45) is 0.237. The van der Waals surface area contributed by atoms with Crippen LogP contribution in [-0.2, 0) is 0 Å². The van der Waals surface area contributed by atoms with E-state index in [1.807, 2.05) is 32.9 Å². The Labute approximate surface area is 115 Å². The van der Waals surface area contributed by atoms with Crippen LogP contribution in [0.1, 0.15) is 37.4 Å². The Morgan fingerprint density at radius 3 is 2.05 bits per heavy atom. The number of methoxy groups -OCH3 is 2. The first-order chi connectivity index (χ1) is 8.96. The third-order valence-corrected chi connectivity index (χ3v) is 3.62. The van der Waals surface area contributed by atoms with E-state index in [0.717, 1.165) is 17.5 Å². The lowest BCUT2D eigenvalue weighted by Gasteiger charge is -2.27. The summed E-state index contributed by atoms with van der Waals surface area (Å²) in [6.45, 7) is 5.98. The van der Waals surface area contributed by atoms with E-state index in [-0.39, 0.29) is 5.92 Å². The van der Waals surface area contributed by atoms with Gasteiger partial charge < -0.3 is 20.3 Å². The molecule has 3 atom stereocenters. The van der Waals surface area contributed by atoms with Crippen molar-refractivity contribution in [3.8, 4) is 11.5 Å². The molecule has 0 heterocycles. The van der Waals surface area contributed by atoms with Crippen molar-refractivity contribution in [1.82, 2.24) is 0 Å². The van der Waals surface area contributed by atoms with E-state index in [1.165, 1.54) is 0 Å². The molecule has 0 saturated carbocycles. The fourth-order valence-corrected chi connectivity index (χ4v) is 2.16. The smallest absolute Gasteiger partial charge is 0.127 e. The number of aliphatic hydroxyl groups is 1. The lowest BCUT2D eigenvalue weighted by molar-refractivity contribution is 0.0861. The summed E-state index contributed by atoms with van der Waals surface area (Å²) >= 11 is 0. The van der Waals surface area contributed by atoms with Gasteiger partial charge in [0.2, 0.25) is 0 Å². The van der Waals surface area contributed by atoms with E-state index in [9.17, 15) is 5.11 Å². The van der Waals surface area contributed by atoms with Gasteiger partial charge in [0.1, 0.15) is 11.5 Å². The van der Waals surface area contributed by atoms with Gasteiger partial charge in [0.15, 0.2) is 0 Å². The quantitative estimate of drug-likeness (QED) is 0.830. The number of hydrogen-bond acceptors (Lipinski definition) is 4. The maximum Gasteiger partial charge on any atom is 0.127 e. The van der Waals surface area contributed by atoms with E-state index >= 15 is 0 Å². The predicted octanol–water partition coefficient (Wildman–Crippen LogP) is 2.42. The van der Waals surface area contributed by atoms with E-state index in [2.05, 4.69) is 0 Å². The van der Waals surface area contributed by atoms with Crippen LogP contribution in [0.5, 0.6) is 11.5 Å². The zero-order chi connectivity index (χ0) is 14.6. The van der Waals surface area contributed by atoms with Crippen molar-refractivity contribution in [1.29, 1.82) is 0 Å². The Hall–Kier alpha value is -1.26. The minimum atomic E-state index is -0.629. The van der Waals surface area contributed by atoms with Crippen molar-refractivity contribution in [3.05, 3.63) is 23.3 Å². The van der Waals surface area contributed by atoms with Crippen molar-refractivity contribution in [2.45, 2.75) is 39.3 Å². The standard InChI is InChI=1S/C15H25NO3/c1-6-10(3)15(17)14(16)13-11(18-4)7-9(2)8-12(13)19-5/h7-8,10,14-15,17H,6,16H2,1-5H3/t10?,14-,15+/m1/s1. The minimum absolute atomic E-state index is 0.116. The molecule has 108 valence electrons. The molecular weight excluding hydrogens is 242 g/mol. The van der Waals surface area contributed by atoms with Crippen LogP contribution >= 0.6 is 0 Å². The Kier molecular flexibility index (Phi) is 5.63. The number of aryl methyl sites for hydroxylation is 1. The van der Waals surface area contributed by atoms with Gasteiger partial charge in [0.25, 0.3) is 0 Å². The van der Waals surface area contributed by atoms with E-state index < -0.39 is 12.1 Å². The first-order valence-corrected chi connectivity index (χ1v) is 6.62. The molecule has 4 nitrogen and oxygen atoms in total. The number of rotatable bonds is 6. The van der Waals surface area contributed by atoms with Gasteiger partial charge in [-0.25, -0.2) is 0 Å². The van der Waals surface area contributed by atoms with Crippen LogP contribution in [0.25, 0.3) is 0 Å². The topological polar surface area (TPSA) is 64.7 Å². The molecule has 1 aromatic carbocycles. The molecule has 1 unspecified atom stereocenters. The monoisotopic (exact) mass is 267 g/mol. The van der Waals surface area contributed by atoms with Crippen LogP contribution in [0.4, 0.5) is 0 Å². The molecule has 19 heavy (non-hydrogen) atoms. The van der Waals surface area contributed by atoms with Gasteiger partial charge >= 0.3 is 0 Å². The normalized spacial score (nSPS) is 15.7. The molecule has 0 aliphatic carbocycles. The zero-order valence-corrected chi connectivity index (χ0v) is 12.4. The molecule has 1 rings (SSSR count). The summed E-state index contributed by atoms with van der Waals surface area (Å²) in [5.74, 6) is 1.43. The summed E-state index contributed by atoms with van der Waals surface area (Å²) in [7, 11) is 3.19. The summed E-state index contributed by atoms with van der Waals surface area (Å²) in [5.41, 5.74) is 7.96. The second-order valence-corrected chi connectivity index (χ2v) is 4.99. The average molecular weight is 267 g/mol. The molecular formula is C15H25NO3. The molecule has 1 aromatic rings. The second kappa shape index (κ2) is 6.78. The molecule has 0 aliphatic rings. The summed E-state index contributed by atoms with van der Waals surface area (Å²) < 4.78 is 10.8. The fourth-order valence-electron chi connectivity index (χ4n) is 2.16. The van der Waals surface area contributed by atoms with Crippen LogP contribution in [0.2, 0.25) is 0 Å². The maximum absolute atomic E-state index is 10.3. The van der Waals surface area contributed by atoms with Crippen LogP contribution < -0.4 is 15.2 Å². The van der Waals surface area contributed by atoms with E-state index in [1.54, 1.807) is 14.2 Å². The predicted molar refractivity (Wildman–Crippen MR) is 76.7 cm³/mol. The largest absolute Gasteiger partial charge is 0.496 e. The molecule has 0 amide bonds. The lowest BCUT2D eigenvalue weighted by Crippen LogP contribution is -2.32. The second-order valence-electron chi connectivity index (χ2n) is 4.99. The van der Waals surface area contributed by atoms with E-state index in [0.29, 0.717) is 11.5 Å². The highest BCUT2D eigenvalue weighted by Gasteiger charge is 2.27. The number of ether oxygens (including phenoxy) is 2. The Morgan fingerprint density at radius 1 is 1.21 bits per heavy atom. The molecule has 4 heteroatoms. The Bertz CT molecular complexity index is 395. The summed E-state index contributed by atoms with van der Waals surface area (Å²) in [6, 6.07) is 3.28. The first-order valence-electron chi connectivity index (χ1n) is 6.62. The zero-order valence-electron chi connectivity index (χ0n) is 12.4. The maximum atomic E-state index is 10.3. The van der Waals surface area contributed by atoms with Crippen LogP contribution in [-0.4, -0.2) is 25.4 Å². The van der Waals surface area contributed by atoms with Crippen molar-refractivity contribution in [3.63, 3.8) is 0 Å². The molecule has 0 radical (unpaired) electrons. The van der Waals surface area contributed by atoms with E-state index in [4.69, 9.17) is 15.2 Å². The molecule has 3 N–H and O–H groups in total. The van der Waals surface area contributed by atoms with Crippen molar-refractivity contribution < 1.29 is 14.6 Å². The van der Waals surface area contributed by atoms with Gasteiger partial charge in [-0.3, -0.25) is 0 Å². The number of benzene rings is 1. The third-order valence-electron chi connectivity index (χ3n) is 3.62. The number of nitrogens with two attached hydrogens (primary N) is 1. The molecule has 0 aromatic heterocycles. The van der Waals surface area contributed by atoms with Crippen LogP contribution in [0.3, 0.4) is 0 Å².